The van der Waals surface area contributed by atoms with Crippen LogP contribution in [0.5, 0.6) is 0 Å². The van der Waals surface area contributed by atoms with Gasteiger partial charge in [-0.15, -0.1) is 0 Å². The Labute approximate surface area is 177 Å². The van der Waals surface area contributed by atoms with E-state index in [2.05, 4.69) is 26.0 Å². The summed E-state index contributed by atoms with van der Waals surface area (Å²) in [6, 6.07) is 23.0. The molecule has 4 nitrogen and oxygen atoms in total. The molecule has 0 N–H and O–H groups in total. The first-order chi connectivity index (χ1) is 14.3. The van der Waals surface area contributed by atoms with Gasteiger partial charge in [-0.25, -0.2) is 13.4 Å². The summed E-state index contributed by atoms with van der Waals surface area (Å²) < 4.78 is 29.9. The van der Waals surface area contributed by atoms with Crippen molar-refractivity contribution < 1.29 is 12.8 Å². The van der Waals surface area contributed by atoms with Gasteiger partial charge in [0.15, 0.2) is 21.5 Å². The molecule has 152 valence electrons. The Morgan fingerprint density at radius 3 is 2.07 bits per heavy atom. The van der Waals surface area contributed by atoms with Crippen LogP contribution in [0.3, 0.4) is 0 Å². The number of benzene rings is 3. The van der Waals surface area contributed by atoms with E-state index in [9.17, 15) is 8.42 Å². The van der Waals surface area contributed by atoms with Gasteiger partial charge in [-0.2, -0.15) is 0 Å². The molecule has 5 heteroatoms. The van der Waals surface area contributed by atoms with Crippen molar-refractivity contribution in [3.63, 3.8) is 0 Å². The highest BCUT2D eigenvalue weighted by Gasteiger charge is 2.20. The number of hydrogen-bond acceptors (Lipinski definition) is 4. The summed E-state index contributed by atoms with van der Waals surface area (Å²) in [4.78, 5) is 5.14. The molecule has 1 aromatic heterocycles. The van der Waals surface area contributed by atoms with Crippen molar-refractivity contribution in [3.8, 4) is 22.6 Å². The number of sulfone groups is 1. The lowest BCUT2D eigenvalue weighted by Crippen LogP contribution is -1.96. The second kappa shape index (κ2) is 7.92. The average Bonchev–Trinajstić information content (AvgIpc) is 3.11. The number of aryl methyl sites for hydroxylation is 2. The van der Waals surface area contributed by atoms with Crippen LogP contribution in [-0.2, 0) is 16.3 Å². The molecular weight excluding hydrogens is 394 g/mol. The standard InChI is InChI=1S/C25H23NO3S/c1-17-8-7-9-18(2)23(17)24-25(20-12-14-21(15-13-20)30(3,27)28)29-22(26-24)16-19-10-5-4-6-11-19/h4-15H,16H2,1-3H3. The van der Waals surface area contributed by atoms with Gasteiger partial charge in [0.2, 0.25) is 0 Å². The Balaban J connectivity index is 1.85. The van der Waals surface area contributed by atoms with Gasteiger partial charge in [0.1, 0.15) is 5.69 Å². The highest BCUT2D eigenvalue weighted by Crippen LogP contribution is 2.37. The van der Waals surface area contributed by atoms with Crippen molar-refractivity contribution in [1.82, 2.24) is 4.98 Å². The lowest BCUT2D eigenvalue weighted by molar-refractivity contribution is 0.519. The van der Waals surface area contributed by atoms with Crippen molar-refractivity contribution in [2.24, 2.45) is 0 Å². The van der Waals surface area contributed by atoms with E-state index in [4.69, 9.17) is 9.40 Å². The molecule has 0 aliphatic heterocycles. The van der Waals surface area contributed by atoms with E-state index >= 15 is 0 Å². The molecule has 30 heavy (non-hydrogen) atoms. The van der Waals surface area contributed by atoms with Crippen molar-refractivity contribution in [2.45, 2.75) is 25.2 Å². The van der Waals surface area contributed by atoms with Gasteiger partial charge in [0.25, 0.3) is 0 Å². The van der Waals surface area contributed by atoms with Gasteiger partial charge in [0.05, 0.1) is 4.90 Å². The van der Waals surface area contributed by atoms with Crippen LogP contribution in [0.2, 0.25) is 0 Å². The largest absolute Gasteiger partial charge is 0.440 e. The Morgan fingerprint density at radius 1 is 0.833 bits per heavy atom. The van der Waals surface area contributed by atoms with E-state index in [1.165, 1.54) is 6.26 Å². The first-order valence-electron chi connectivity index (χ1n) is 9.73. The van der Waals surface area contributed by atoms with Crippen LogP contribution in [0.25, 0.3) is 22.6 Å². The molecule has 0 bridgehead atoms. The highest BCUT2D eigenvalue weighted by atomic mass is 32.2. The molecule has 4 aromatic rings. The zero-order chi connectivity index (χ0) is 21.3. The van der Waals surface area contributed by atoms with Crippen LogP contribution in [0.15, 0.2) is 82.1 Å². The van der Waals surface area contributed by atoms with Gasteiger partial charge in [-0.05, 0) is 54.8 Å². The highest BCUT2D eigenvalue weighted by molar-refractivity contribution is 7.90. The maximum atomic E-state index is 11.8. The van der Waals surface area contributed by atoms with Crippen LogP contribution in [-0.4, -0.2) is 19.7 Å². The second-order valence-electron chi connectivity index (χ2n) is 7.51. The number of oxazole rings is 1. The van der Waals surface area contributed by atoms with Crippen molar-refractivity contribution >= 4 is 9.84 Å². The molecule has 0 fully saturated rings. The summed E-state index contributed by atoms with van der Waals surface area (Å²) in [5.41, 5.74) is 5.97. The average molecular weight is 418 g/mol. The van der Waals surface area contributed by atoms with E-state index in [1.54, 1.807) is 24.3 Å². The molecule has 0 unspecified atom stereocenters. The van der Waals surface area contributed by atoms with Gasteiger partial charge >= 0.3 is 0 Å². The van der Waals surface area contributed by atoms with Gasteiger partial charge in [0, 0.05) is 23.8 Å². The Morgan fingerprint density at radius 2 is 1.47 bits per heavy atom. The molecule has 4 rings (SSSR count). The quantitative estimate of drug-likeness (QED) is 0.423. The minimum atomic E-state index is -3.26. The normalized spacial score (nSPS) is 11.6. The fourth-order valence-corrected chi connectivity index (χ4v) is 4.25. The van der Waals surface area contributed by atoms with E-state index in [0.717, 1.165) is 33.5 Å². The maximum Gasteiger partial charge on any atom is 0.199 e. The Hall–Kier alpha value is -3.18. The molecular formula is C25H23NO3S. The van der Waals surface area contributed by atoms with Gasteiger partial charge < -0.3 is 4.42 Å². The monoisotopic (exact) mass is 417 g/mol. The Kier molecular flexibility index (Phi) is 5.31. The lowest BCUT2D eigenvalue weighted by Gasteiger charge is -2.09. The predicted octanol–water partition coefficient (Wildman–Crippen LogP) is 5.62. The fourth-order valence-electron chi connectivity index (χ4n) is 3.62. The molecule has 1 heterocycles. The smallest absolute Gasteiger partial charge is 0.199 e. The summed E-state index contributed by atoms with van der Waals surface area (Å²) in [6.45, 7) is 4.12. The van der Waals surface area contributed by atoms with Gasteiger partial charge in [-0.3, -0.25) is 0 Å². The Bertz CT molecular complexity index is 1270. The van der Waals surface area contributed by atoms with E-state index in [1.807, 2.05) is 36.4 Å². The third kappa shape index (κ3) is 4.07. The minimum absolute atomic E-state index is 0.281. The number of aromatic nitrogens is 1. The van der Waals surface area contributed by atoms with Gasteiger partial charge in [-0.1, -0.05) is 48.5 Å². The summed E-state index contributed by atoms with van der Waals surface area (Å²) in [5, 5.41) is 0. The van der Waals surface area contributed by atoms with Crippen molar-refractivity contribution in [3.05, 3.63) is 95.4 Å². The summed E-state index contributed by atoms with van der Waals surface area (Å²) in [6.07, 6.45) is 1.79. The zero-order valence-corrected chi connectivity index (χ0v) is 18.0. The van der Waals surface area contributed by atoms with Crippen molar-refractivity contribution in [2.75, 3.05) is 6.26 Å². The SMILES string of the molecule is Cc1cccc(C)c1-c1nc(Cc2ccccc2)oc1-c1ccc(S(C)(=O)=O)cc1. The lowest BCUT2D eigenvalue weighted by atomic mass is 9.97. The third-order valence-corrected chi connectivity index (χ3v) is 6.26. The molecule has 0 saturated carbocycles. The first kappa shape index (κ1) is 20.1. The second-order valence-corrected chi connectivity index (χ2v) is 9.53. The predicted molar refractivity (Wildman–Crippen MR) is 119 cm³/mol. The number of nitrogens with zero attached hydrogens (tertiary/aromatic N) is 1. The van der Waals surface area contributed by atoms with Crippen LogP contribution < -0.4 is 0 Å². The maximum absolute atomic E-state index is 11.8. The summed E-state index contributed by atoms with van der Waals surface area (Å²) in [7, 11) is -3.26. The third-order valence-electron chi connectivity index (χ3n) is 5.13. The van der Waals surface area contributed by atoms with Crippen LogP contribution in [0.1, 0.15) is 22.6 Å². The molecule has 0 spiro atoms. The minimum Gasteiger partial charge on any atom is -0.440 e. The number of rotatable bonds is 5. The van der Waals surface area contributed by atoms with E-state index in [-0.39, 0.29) is 4.90 Å². The molecule has 0 atom stereocenters. The molecule has 0 aliphatic rings. The zero-order valence-electron chi connectivity index (χ0n) is 17.2. The van der Waals surface area contributed by atoms with Crippen LogP contribution in [0.4, 0.5) is 0 Å². The summed E-state index contributed by atoms with van der Waals surface area (Å²) >= 11 is 0. The topological polar surface area (TPSA) is 60.2 Å². The van der Waals surface area contributed by atoms with Crippen LogP contribution >= 0.6 is 0 Å². The first-order valence-corrected chi connectivity index (χ1v) is 11.6. The van der Waals surface area contributed by atoms with E-state index in [0.29, 0.717) is 18.1 Å². The molecule has 0 saturated heterocycles. The molecule has 0 aliphatic carbocycles. The van der Waals surface area contributed by atoms with E-state index < -0.39 is 9.84 Å². The van der Waals surface area contributed by atoms with Crippen LogP contribution in [0, 0.1) is 13.8 Å². The number of hydrogen-bond donors (Lipinski definition) is 0. The molecule has 3 aromatic carbocycles. The molecule has 0 amide bonds. The summed E-state index contributed by atoms with van der Waals surface area (Å²) in [5.74, 6) is 1.28. The molecule has 0 radical (unpaired) electrons. The van der Waals surface area contributed by atoms with Crippen molar-refractivity contribution in [1.29, 1.82) is 0 Å². The fraction of sp³-hybridized carbons (Fsp3) is 0.160.